The molecule has 1 amide bonds. The van der Waals surface area contributed by atoms with Crippen LogP contribution in [0.4, 0.5) is 0 Å². The fourth-order valence-corrected chi connectivity index (χ4v) is 3.69. The fourth-order valence-electron chi connectivity index (χ4n) is 3.69. The molecule has 4 rings (SSSR count). The SMILES string of the molecule is Cc1ccc([C@H](C)NC(=O)COc2cc(C)c3c(-c4cccc(C)n4)nn(C)c3n2)cc1. The monoisotopic (exact) mass is 429 g/mol. The second kappa shape index (κ2) is 8.78. The second-order valence-corrected chi connectivity index (χ2v) is 8.10. The van der Waals surface area contributed by atoms with E-state index >= 15 is 0 Å². The molecule has 0 aliphatic carbocycles. The molecule has 1 N–H and O–H groups in total. The Morgan fingerprint density at radius 2 is 1.84 bits per heavy atom. The van der Waals surface area contributed by atoms with E-state index in [4.69, 9.17) is 4.74 Å². The van der Waals surface area contributed by atoms with Crippen molar-refractivity contribution in [3.05, 3.63) is 70.9 Å². The summed E-state index contributed by atoms with van der Waals surface area (Å²) in [6.45, 7) is 7.81. The van der Waals surface area contributed by atoms with Crippen LogP contribution >= 0.6 is 0 Å². The number of hydrogen-bond acceptors (Lipinski definition) is 5. The van der Waals surface area contributed by atoms with Crippen LogP contribution in [0.2, 0.25) is 0 Å². The maximum atomic E-state index is 12.4. The van der Waals surface area contributed by atoms with E-state index in [1.165, 1.54) is 5.56 Å². The predicted molar refractivity (Wildman–Crippen MR) is 124 cm³/mol. The third-order valence-corrected chi connectivity index (χ3v) is 5.40. The summed E-state index contributed by atoms with van der Waals surface area (Å²) in [5.74, 6) is 0.187. The molecule has 1 aromatic carbocycles. The number of amides is 1. The van der Waals surface area contributed by atoms with Gasteiger partial charge < -0.3 is 10.1 Å². The van der Waals surface area contributed by atoms with Crippen LogP contribution in [-0.4, -0.2) is 32.3 Å². The number of fused-ring (bicyclic) bond motifs is 1. The van der Waals surface area contributed by atoms with Gasteiger partial charge in [-0.05, 0) is 51.0 Å². The first-order valence-corrected chi connectivity index (χ1v) is 10.6. The Hall–Kier alpha value is -3.74. The highest BCUT2D eigenvalue weighted by Gasteiger charge is 2.18. The molecule has 3 aromatic heterocycles. The number of aryl methyl sites for hydroxylation is 4. The summed E-state index contributed by atoms with van der Waals surface area (Å²) in [5, 5.41) is 8.52. The van der Waals surface area contributed by atoms with Crippen LogP contribution in [0.25, 0.3) is 22.4 Å². The molecule has 0 saturated heterocycles. The summed E-state index contributed by atoms with van der Waals surface area (Å²) in [5.41, 5.74) is 6.40. The standard InChI is InChI=1S/C25H27N5O2/c1-15-9-11-19(12-10-15)18(4)27-21(31)14-32-22-13-16(2)23-24(29-30(5)25(23)28-22)20-8-6-7-17(3)26-20/h6-13,18H,14H2,1-5H3,(H,27,31)/t18-/m0/s1. The van der Waals surface area contributed by atoms with Crippen molar-refractivity contribution in [2.24, 2.45) is 7.05 Å². The molecule has 4 aromatic rings. The molecule has 0 radical (unpaired) electrons. The number of carbonyl (C=O) groups excluding carboxylic acids is 1. The van der Waals surface area contributed by atoms with Crippen molar-refractivity contribution in [1.82, 2.24) is 25.1 Å². The van der Waals surface area contributed by atoms with Crippen LogP contribution in [0.3, 0.4) is 0 Å². The van der Waals surface area contributed by atoms with Gasteiger partial charge in [0.1, 0.15) is 5.69 Å². The zero-order valence-corrected chi connectivity index (χ0v) is 19.0. The normalized spacial score (nSPS) is 12.0. The molecule has 3 heterocycles. The number of benzene rings is 1. The maximum Gasteiger partial charge on any atom is 0.258 e. The van der Waals surface area contributed by atoms with Crippen molar-refractivity contribution in [3.8, 4) is 17.3 Å². The van der Waals surface area contributed by atoms with Crippen LogP contribution < -0.4 is 10.1 Å². The highest BCUT2D eigenvalue weighted by molar-refractivity contribution is 5.93. The molecule has 32 heavy (non-hydrogen) atoms. The summed E-state index contributed by atoms with van der Waals surface area (Å²) < 4.78 is 7.44. The molecule has 0 unspecified atom stereocenters. The molecular weight excluding hydrogens is 402 g/mol. The molecule has 0 fully saturated rings. The number of pyridine rings is 2. The van der Waals surface area contributed by atoms with Gasteiger partial charge in [0, 0.05) is 18.8 Å². The van der Waals surface area contributed by atoms with Gasteiger partial charge in [-0.2, -0.15) is 10.1 Å². The van der Waals surface area contributed by atoms with Gasteiger partial charge in [-0.1, -0.05) is 35.9 Å². The summed E-state index contributed by atoms with van der Waals surface area (Å²) in [6, 6.07) is 15.7. The summed E-state index contributed by atoms with van der Waals surface area (Å²) in [6.07, 6.45) is 0. The van der Waals surface area contributed by atoms with Gasteiger partial charge in [-0.15, -0.1) is 0 Å². The average molecular weight is 430 g/mol. The average Bonchev–Trinajstić information content (AvgIpc) is 3.10. The van der Waals surface area contributed by atoms with E-state index < -0.39 is 0 Å². The van der Waals surface area contributed by atoms with Gasteiger partial charge in [0.25, 0.3) is 5.91 Å². The van der Waals surface area contributed by atoms with Gasteiger partial charge in [-0.25, -0.2) is 4.68 Å². The lowest BCUT2D eigenvalue weighted by molar-refractivity contribution is -0.123. The van der Waals surface area contributed by atoms with Gasteiger partial charge in [0.2, 0.25) is 5.88 Å². The van der Waals surface area contributed by atoms with E-state index in [-0.39, 0.29) is 18.6 Å². The highest BCUT2D eigenvalue weighted by Crippen LogP contribution is 2.30. The van der Waals surface area contributed by atoms with E-state index in [1.807, 2.05) is 83.3 Å². The Morgan fingerprint density at radius 1 is 1.09 bits per heavy atom. The quantitative estimate of drug-likeness (QED) is 0.496. The Balaban J connectivity index is 1.50. The van der Waals surface area contributed by atoms with Crippen LogP contribution in [0.5, 0.6) is 5.88 Å². The van der Waals surface area contributed by atoms with E-state index in [1.54, 1.807) is 4.68 Å². The molecule has 7 heteroatoms. The smallest absolute Gasteiger partial charge is 0.258 e. The van der Waals surface area contributed by atoms with Crippen molar-refractivity contribution in [3.63, 3.8) is 0 Å². The number of hydrogen-bond donors (Lipinski definition) is 1. The van der Waals surface area contributed by atoms with Crippen molar-refractivity contribution in [2.45, 2.75) is 33.7 Å². The topological polar surface area (TPSA) is 81.9 Å². The molecule has 7 nitrogen and oxygen atoms in total. The van der Waals surface area contributed by atoms with Gasteiger partial charge in [0.05, 0.1) is 17.1 Å². The van der Waals surface area contributed by atoms with Gasteiger partial charge in [-0.3, -0.25) is 9.78 Å². The largest absolute Gasteiger partial charge is 0.468 e. The second-order valence-electron chi connectivity index (χ2n) is 8.10. The summed E-state index contributed by atoms with van der Waals surface area (Å²) in [4.78, 5) is 21.6. The van der Waals surface area contributed by atoms with Crippen LogP contribution in [0, 0.1) is 20.8 Å². The number of aromatic nitrogens is 4. The van der Waals surface area contributed by atoms with E-state index in [0.717, 1.165) is 33.6 Å². The zero-order valence-electron chi connectivity index (χ0n) is 19.0. The van der Waals surface area contributed by atoms with Crippen molar-refractivity contribution in [2.75, 3.05) is 6.61 Å². The molecule has 0 spiro atoms. The van der Waals surface area contributed by atoms with E-state index in [0.29, 0.717) is 11.5 Å². The first-order chi connectivity index (χ1) is 15.3. The Kier molecular flexibility index (Phi) is 5.90. The molecule has 0 aliphatic heterocycles. The molecule has 0 bridgehead atoms. The third kappa shape index (κ3) is 4.46. The molecule has 1 atom stereocenters. The Labute approximate surface area is 187 Å². The van der Waals surface area contributed by atoms with Crippen LogP contribution in [-0.2, 0) is 11.8 Å². The first kappa shape index (κ1) is 21.5. The van der Waals surface area contributed by atoms with Gasteiger partial charge >= 0.3 is 0 Å². The lowest BCUT2D eigenvalue weighted by Gasteiger charge is -2.15. The minimum Gasteiger partial charge on any atom is -0.468 e. The predicted octanol–water partition coefficient (Wildman–Crippen LogP) is 4.21. The lowest BCUT2D eigenvalue weighted by atomic mass is 10.1. The molecule has 0 saturated carbocycles. The van der Waals surface area contributed by atoms with Gasteiger partial charge in [0.15, 0.2) is 12.3 Å². The number of carbonyl (C=O) groups is 1. The van der Waals surface area contributed by atoms with E-state index in [9.17, 15) is 4.79 Å². The minimum absolute atomic E-state index is 0.106. The molecule has 164 valence electrons. The molecular formula is C25H27N5O2. The zero-order chi connectivity index (χ0) is 22.8. The third-order valence-electron chi connectivity index (χ3n) is 5.40. The molecule has 0 aliphatic rings. The first-order valence-electron chi connectivity index (χ1n) is 10.6. The van der Waals surface area contributed by atoms with Crippen molar-refractivity contribution < 1.29 is 9.53 Å². The number of nitrogens with zero attached hydrogens (tertiary/aromatic N) is 4. The number of nitrogens with one attached hydrogen (secondary N) is 1. The highest BCUT2D eigenvalue weighted by atomic mass is 16.5. The van der Waals surface area contributed by atoms with Crippen molar-refractivity contribution in [1.29, 1.82) is 0 Å². The lowest BCUT2D eigenvalue weighted by Crippen LogP contribution is -2.31. The summed E-state index contributed by atoms with van der Waals surface area (Å²) >= 11 is 0. The van der Waals surface area contributed by atoms with Crippen LogP contribution in [0.1, 0.15) is 35.3 Å². The van der Waals surface area contributed by atoms with Crippen LogP contribution in [0.15, 0.2) is 48.5 Å². The number of ether oxygens (including phenoxy) is 1. The fraction of sp³-hybridized carbons (Fsp3) is 0.280. The maximum absolute atomic E-state index is 12.4. The Bertz CT molecular complexity index is 1280. The number of rotatable bonds is 6. The van der Waals surface area contributed by atoms with E-state index in [2.05, 4.69) is 20.4 Å². The Morgan fingerprint density at radius 3 is 2.56 bits per heavy atom. The minimum atomic E-state index is -0.202. The van der Waals surface area contributed by atoms with Crippen molar-refractivity contribution >= 4 is 16.9 Å². The summed E-state index contributed by atoms with van der Waals surface area (Å²) in [7, 11) is 1.84.